The smallest absolute Gasteiger partial charge is 0.269 e. The minimum absolute atomic E-state index is 0.0683. The molecule has 2 rings (SSSR count). The van der Waals surface area contributed by atoms with Gasteiger partial charge < -0.3 is 10.6 Å². The van der Waals surface area contributed by atoms with Gasteiger partial charge in [0.1, 0.15) is 5.69 Å². The molecule has 1 aromatic heterocycles. The van der Waals surface area contributed by atoms with Gasteiger partial charge >= 0.3 is 0 Å². The van der Waals surface area contributed by atoms with Gasteiger partial charge in [0.2, 0.25) is 0 Å². The highest BCUT2D eigenvalue weighted by molar-refractivity contribution is 5.91. The molecule has 0 aliphatic carbocycles. The maximum absolute atomic E-state index is 11.5. The Balaban J connectivity index is 1.66. The van der Waals surface area contributed by atoms with Crippen molar-refractivity contribution in [1.29, 1.82) is 0 Å². The van der Waals surface area contributed by atoms with E-state index in [1.807, 2.05) is 0 Å². The third kappa shape index (κ3) is 3.06. The van der Waals surface area contributed by atoms with Crippen LogP contribution in [0.5, 0.6) is 0 Å². The van der Waals surface area contributed by atoms with Gasteiger partial charge in [-0.05, 0) is 44.3 Å². The van der Waals surface area contributed by atoms with Crippen LogP contribution in [0.15, 0.2) is 12.3 Å². The molecule has 1 aliphatic heterocycles. The zero-order valence-electron chi connectivity index (χ0n) is 9.33. The van der Waals surface area contributed by atoms with Crippen LogP contribution in [-0.4, -0.2) is 35.7 Å². The van der Waals surface area contributed by atoms with Gasteiger partial charge in [-0.15, -0.1) is 0 Å². The molecule has 1 atom stereocenters. The fourth-order valence-electron chi connectivity index (χ4n) is 2.04. The van der Waals surface area contributed by atoms with Crippen LogP contribution in [0.1, 0.15) is 29.8 Å². The van der Waals surface area contributed by atoms with Gasteiger partial charge in [0.15, 0.2) is 0 Å². The number of carbonyl (C=O) groups is 1. The number of carbonyl (C=O) groups excluding carboxylic acids is 1. The Kier molecular flexibility index (Phi) is 3.93. The summed E-state index contributed by atoms with van der Waals surface area (Å²) in [6.07, 6.45) is 5.15. The summed E-state index contributed by atoms with van der Waals surface area (Å²) in [6, 6.07) is 1.68. The first-order chi connectivity index (χ1) is 7.86. The van der Waals surface area contributed by atoms with E-state index < -0.39 is 0 Å². The van der Waals surface area contributed by atoms with Crippen LogP contribution in [0.25, 0.3) is 0 Å². The highest BCUT2D eigenvalue weighted by Crippen LogP contribution is 2.12. The lowest BCUT2D eigenvalue weighted by molar-refractivity contribution is 0.0945. The van der Waals surface area contributed by atoms with Crippen LogP contribution in [-0.2, 0) is 0 Å². The highest BCUT2D eigenvalue weighted by Gasteiger charge is 2.13. The first-order valence-corrected chi connectivity index (χ1v) is 5.84. The number of H-pyrrole nitrogens is 1. The molecule has 0 aromatic carbocycles. The number of piperidine rings is 1. The fourth-order valence-corrected chi connectivity index (χ4v) is 2.04. The molecule has 1 aliphatic rings. The van der Waals surface area contributed by atoms with Crippen LogP contribution >= 0.6 is 0 Å². The van der Waals surface area contributed by atoms with Crippen LogP contribution < -0.4 is 10.6 Å². The normalized spacial score (nSPS) is 20.6. The Bertz CT molecular complexity index is 317. The summed E-state index contributed by atoms with van der Waals surface area (Å²) in [6.45, 7) is 2.96. The zero-order valence-corrected chi connectivity index (χ0v) is 9.33. The molecule has 1 unspecified atom stereocenters. The Hall–Kier alpha value is -1.36. The molecule has 1 fully saturated rings. The molecule has 1 amide bonds. The standard InChI is InChI=1S/C11H18N4O/c16-11(10-4-7-14-15-10)13-6-3-9-2-1-5-12-8-9/h4,7,9,12H,1-3,5-6,8H2,(H,13,16)(H,14,15). The number of hydrogen-bond acceptors (Lipinski definition) is 3. The first-order valence-electron chi connectivity index (χ1n) is 5.84. The summed E-state index contributed by atoms with van der Waals surface area (Å²) < 4.78 is 0. The van der Waals surface area contributed by atoms with Crippen molar-refractivity contribution in [3.63, 3.8) is 0 Å². The molecule has 2 heterocycles. The second kappa shape index (κ2) is 5.65. The Morgan fingerprint density at radius 2 is 2.56 bits per heavy atom. The van der Waals surface area contributed by atoms with Crippen LogP contribution in [0, 0.1) is 5.92 Å². The van der Waals surface area contributed by atoms with Crippen molar-refractivity contribution >= 4 is 5.91 Å². The zero-order chi connectivity index (χ0) is 11.2. The molecule has 88 valence electrons. The Morgan fingerprint density at radius 3 is 3.25 bits per heavy atom. The quantitative estimate of drug-likeness (QED) is 0.696. The molecule has 0 saturated carbocycles. The molecular formula is C11H18N4O. The number of hydrogen-bond donors (Lipinski definition) is 3. The van der Waals surface area contributed by atoms with E-state index in [1.165, 1.54) is 12.8 Å². The van der Waals surface area contributed by atoms with Gasteiger partial charge in [-0.1, -0.05) is 0 Å². The van der Waals surface area contributed by atoms with E-state index in [0.29, 0.717) is 11.6 Å². The van der Waals surface area contributed by atoms with Gasteiger partial charge in [0, 0.05) is 12.7 Å². The number of aromatic amines is 1. The van der Waals surface area contributed by atoms with Crippen LogP contribution in [0.2, 0.25) is 0 Å². The molecule has 16 heavy (non-hydrogen) atoms. The average molecular weight is 222 g/mol. The second-order valence-electron chi connectivity index (χ2n) is 4.23. The minimum atomic E-state index is -0.0683. The van der Waals surface area contributed by atoms with Crippen molar-refractivity contribution in [3.05, 3.63) is 18.0 Å². The van der Waals surface area contributed by atoms with E-state index in [0.717, 1.165) is 26.1 Å². The summed E-state index contributed by atoms with van der Waals surface area (Å²) in [4.78, 5) is 11.5. The lowest BCUT2D eigenvalue weighted by Crippen LogP contribution is -2.33. The maximum Gasteiger partial charge on any atom is 0.269 e. The van der Waals surface area contributed by atoms with Crippen molar-refractivity contribution in [2.45, 2.75) is 19.3 Å². The molecule has 0 spiro atoms. The predicted octanol–water partition coefficient (Wildman–Crippen LogP) is 0.529. The number of nitrogens with zero attached hydrogens (tertiary/aromatic N) is 1. The first kappa shape index (κ1) is 11.1. The maximum atomic E-state index is 11.5. The summed E-state index contributed by atoms with van der Waals surface area (Å²) in [5.74, 6) is 0.636. The largest absolute Gasteiger partial charge is 0.351 e. The number of aromatic nitrogens is 2. The number of nitrogens with one attached hydrogen (secondary N) is 3. The summed E-state index contributed by atoms with van der Waals surface area (Å²) in [5, 5.41) is 12.7. The van der Waals surface area contributed by atoms with E-state index in [-0.39, 0.29) is 5.91 Å². The molecule has 5 nitrogen and oxygen atoms in total. The van der Waals surface area contributed by atoms with Gasteiger partial charge in [0.25, 0.3) is 5.91 Å². The minimum Gasteiger partial charge on any atom is -0.351 e. The Labute approximate surface area is 95.0 Å². The summed E-state index contributed by atoms with van der Waals surface area (Å²) >= 11 is 0. The highest BCUT2D eigenvalue weighted by atomic mass is 16.1. The lowest BCUT2D eigenvalue weighted by Gasteiger charge is -2.22. The lowest BCUT2D eigenvalue weighted by atomic mass is 9.96. The number of rotatable bonds is 4. The molecule has 3 N–H and O–H groups in total. The van der Waals surface area contributed by atoms with E-state index in [1.54, 1.807) is 12.3 Å². The SMILES string of the molecule is O=C(NCCC1CCCNC1)c1ccn[nH]1. The van der Waals surface area contributed by atoms with Gasteiger partial charge in [-0.3, -0.25) is 9.89 Å². The average Bonchev–Trinajstić information content (AvgIpc) is 2.84. The van der Waals surface area contributed by atoms with Crippen molar-refractivity contribution in [3.8, 4) is 0 Å². The van der Waals surface area contributed by atoms with Gasteiger partial charge in [0.05, 0.1) is 0 Å². The van der Waals surface area contributed by atoms with Crippen LogP contribution in [0.4, 0.5) is 0 Å². The van der Waals surface area contributed by atoms with Crippen LogP contribution in [0.3, 0.4) is 0 Å². The predicted molar refractivity (Wildman–Crippen MR) is 61.1 cm³/mol. The monoisotopic (exact) mass is 222 g/mol. The van der Waals surface area contributed by atoms with E-state index in [9.17, 15) is 4.79 Å². The van der Waals surface area contributed by atoms with Crippen molar-refractivity contribution in [1.82, 2.24) is 20.8 Å². The Morgan fingerprint density at radius 1 is 1.62 bits per heavy atom. The van der Waals surface area contributed by atoms with Gasteiger partial charge in [-0.25, -0.2) is 0 Å². The third-order valence-electron chi connectivity index (χ3n) is 2.98. The van der Waals surface area contributed by atoms with Gasteiger partial charge in [-0.2, -0.15) is 5.10 Å². The third-order valence-corrected chi connectivity index (χ3v) is 2.98. The van der Waals surface area contributed by atoms with Crippen molar-refractivity contribution < 1.29 is 4.79 Å². The number of amides is 1. The summed E-state index contributed by atoms with van der Waals surface area (Å²) in [7, 11) is 0. The molecule has 0 bridgehead atoms. The fraction of sp³-hybridized carbons (Fsp3) is 0.636. The van der Waals surface area contributed by atoms with E-state index in [2.05, 4.69) is 20.8 Å². The molecule has 1 saturated heterocycles. The summed E-state index contributed by atoms with van der Waals surface area (Å²) in [5.41, 5.74) is 0.529. The molecule has 1 aromatic rings. The van der Waals surface area contributed by atoms with Crippen molar-refractivity contribution in [2.24, 2.45) is 5.92 Å². The molecular weight excluding hydrogens is 204 g/mol. The molecule has 0 radical (unpaired) electrons. The van der Waals surface area contributed by atoms with E-state index >= 15 is 0 Å². The second-order valence-corrected chi connectivity index (χ2v) is 4.23. The van der Waals surface area contributed by atoms with E-state index in [4.69, 9.17) is 0 Å². The topological polar surface area (TPSA) is 69.8 Å². The molecule has 5 heteroatoms. The van der Waals surface area contributed by atoms with Crippen molar-refractivity contribution in [2.75, 3.05) is 19.6 Å².